The van der Waals surface area contributed by atoms with Gasteiger partial charge in [0.1, 0.15) is 12.2 Å². The van der Waals surface area contributed by atoms with Gasteiger partial charge < -0.3 is 14.6 Å². The lowest BCUT2D eigenvalue weighted by atomic mass is 9.80. The molecule has 1 aliphatic rings. The highest BCUT2D eigenvalue weighted by Crippen LogP contribution is 2.45. The number of carboxylic acids is 1. The van der Waals surface area contributed by atoms with Crippen molar-refractivity contribution in [2.75, 3.05) is 20.3 Å². The molecule has 220 valence electrons. The first kappa shape index (κ1) is 28.9. The molecule has 0 bridgehead atoms. The van der Waals surface area contributed by atoms with Gasteiger partial charge in [0.15, 0.2) is 6.04 Å². The summed E-state index contributed by atoms with van der Waals surface area (Å²) in [6, 6.07) is 44.0. The van der Waals surface area contributed by atoms with Crippen molar-refractivity contribution in [2.45, 2.75) is 17.6 Å². The molecule has 6 rings (SSSR count). The van der Waals surface area contributed by atoms with Gasteiger partial charge in [-0.1, -0.05) is 140 Å². The van der Waals surface area contributed by atoms with Gasteiger partial charge in [0, 0.05) is 13.0 Å². The van der Waals surface area contributed by atoms with Gasteiger partial charge in [0.2, 0.25) is 0 Å². The van der Waals surface area contributed by atoms with Gasteiger partial charge >= 0.3 is 12.1 Å². The molecule has 0 unspecified atom stereocenters. The molecule has 1 atom stereocenters. The molecule has 6 nitrogen and oxygen atoms in total. The molecule has 5 aromatic rings. The van der Waals surface area contributed by atoms with E-state index in [1.54, 1.807) is 0 Å². The highest BCUT2D eigenvalue weighted by Gasteiger charge is 2.40. The van der Waals surface area contributed by atoms with E-state index in [4.69, 9.17) is 9.47 Å². The SMILES string of the molecule is CN(C(=O)OCC1c2ccccc2-c2ccccc21)[C@@H](COC(c1ccccc1)(c1ccccc1)c1ccccc1)C(=O)O. The summed E-state index contributed by atoms with van der Waals surface area (Å²) in [5.41, 5.74) is 5.79. The van der Waals surface area contributed by atoms with E-state index in [1.807, 2.05) is 127 Å². The highest BCUT2D eigenvalue weighted by atomic mass is 16.6. The number of hydrogen-bond acceptors (Lipinski definition) is 4. The van der Waals surface area contributed by atoms with E-state index >= 15 is 0 Å². The molecule has 1 amide bonds. The van der Waals surface area contributed by atoms with Crippen molar-refractivity contribution in [1.29, 1.82) is 0 Å². The van der Waals surface area contributed by atoms with Crippen molar-refractivity contribution < 1.29 is 24.2 Å². The molecule has 0 fully saturated rings. The van der Waals surface area contributed by atoms with Crippen LogP contribution in [0.4, 0.5) is 4.79 Å². The molecule has 44 heavy (non-hydrogen) atoms. The van der Waals surface area contributed by atoms with Crippen LogP contribution in [0.25, 0.3) is 11.1 Å². The fourth-order valence-electron chi connectivity index (χ4n) is 6.14. The predicted molar refractivity (Wildman–Crippen MR) is 169 cm³/mol. The summed E-state index contributed by atoms with van der Waals surface area (Å²) >= 11 is 0. The van der Waals surface area contributed by atoms with E-state index in [0.29, 0.717) is 0 Å². The zero-order valence-electron chi connectivity index (χ0n) is 24.4. The van der Waals surface area contributed by atoms with Gasteiger partial charge in [-0.25, -0.2) is 9.59 Å². The molecule has 0 aliphatic heterocycles. The average molecular weight is 584 g/mol. The lowest BCUT2D eigenvalue weighted by Crippen LogP contribution is -2.48. The number of carboxylic acid groups (broad SMARTS) is 1. The molecule has 6 heteroatoms. The Bertz CT molecular complexity index is 1600. The Hall–Kier alpha value is -5.20. The van der Waals surface area contributed by atoms with E-state index in [2.05, 4.69) is 12.1 Å². The van der Waals surface area contributed by atoms with Crippen molar-refractivity contribution in [3.8, 4) is 11.1 Å². The molecular weight excluding hydrogens is 550 g/mol. The summed E-state index contributed by atoms with van der Waals surface area (Å²) in [7, 11) is 1.44. The number of benzene rings is 5. The summed E-state index contributed by atoms with van der Waals surface area (Å²) in [4.78, 5) is 27.1. The molecule has 0 saturated heterocycles. The minimum Gasteiger partial charge on any atom is -0.480 e. The quantitative estimate of drug-likeness (QED) is 0.174. The van der Waals surface area contributed by atoms with E-state index < -0.39 is 23.7 Å². The van der Waals surface area contributed by atoms with Crippen LogP contribution >= 0.6 is 0 Å². The molecule has 0 aromatic heterocycles. The van der Waals surface area contributed by atoms with Crippen LogP contribution in [-0.4, -0.2) is 48.4 Å². The number of ether oxygens (including phenoxy) is 2. The number of fused-ring (bicyclic) bond motifs is 3. The Morgan fingerprint density at radius 3 is 1.52 bits per heavy atom. The monoisotopic (exact) mass is 583 g/mol. The molecule has 0 spiro atoms. The fraction of sp³-hybridized carbons (Fsp3) is 0.158. The normalized spacial score (nSPS) is 13.0. The number of amides is 1. The summed E-state index contributed by atoms with van der Waals surface area (Å²) in [5, 5.41) is 10.3. The fourth-order valence-corrected chi connectivity index (χ4v) is 6.14. The van der Waals surface area contributed by atoms with Crippen molar-refractivity contribution in [3.05, 3.63) is 167 Å². The molecule has 0 saturated carbocycles. The smallest absolute Gasteiger partial charge is 0.410 e. The Labute approximate surface area is 257 Å². The second kappa shape index (κ2) is 12.6. The number of nitrogens with zero attached hydrogens (tertiary/aromatic N) is 1. The zero-order valence-corrected chi connectivity index (χ0v) is 24.4. The lowest BCUT2D eigenvalue weighted by molar-refractivity contribution is -0.146. The highest BCUT2D eigenvalue weighted by molar-refractivity contribution is 5.81. The van der Waals surface area contributed by atoms with Crippen LogP contribution in [0.3, 0.4) is 0 Å². The second-order valence-electron chi connectivity index (χ2n) is 10.9. The van der Waals surface area contributed by atoms with Gasteiger partial charge in [-0.3, -0.25) is 4.90 Å². The Kier molecular flexibility index (Phi) is 8.26. The predicted octanol–water partition coefficient (Wildman–Crippen LogP) is 7.33. The van der Waals surface area contributed by atoms with Gasteiger partial charge in [-0.05, 0) is 38.9 Å². The Balaban J connectivity index is 1.26. The maximum absolute atomic E-state index is 13.4. The average Bonchev–Trinajstić information content (AvgIpc) is 3.40. The third-order valence-corrected chi connectivity index (χ3v) is 8.38. The number of rotatable bonds is 10. The van der Waals surface area contributed by atoms with E-state index in [9.17, 15) is 14.7 Å². The van der Waals surface area contributed by atoms with Gasteiger partial charge in [-0.2, -0.15) is 0 Å². The summed E-state index contributed by atoms with van der Waals surface area (Å²) in [6.45, 7) is -0.193. The van der Waals surface area contributed by atoms with Crippen molar-refractivity contribution >= 4 is 12.1 Å². The van der Waals surface area contributed by atoms with Gasteiger partial charge in [0.05, 0.1) is 6.61 Å². The van der Waals surface area contributed by atoms with Crippen LogP contribution in [-0.2, 0) is 19.9 Å². The summed E-state index contributed by atoms with van der Waals surface area (Å²) < 4.78 is 12.5. The molecule has 0 radical (unpaired) electrons. The topological polar surface area (TPSA) is 76.1 Å². The number of aliphatic carboxylic acids is 1. The van der Waals surface area contributed by atoms with Crippen LogP contribution in [0.15, 0.2) is 140 Å². The van der Waals surface area contributed by atoms with Crippen molar-refractivity contribution in [2.24, 2.45) is 0 Å². The van der Waals surface area contributed by atoms with Crippen LogP contribution < -0.4 is 0 Å². The first-order valence-corrected chi connectivity index (χ1v) is 14.6. The third-order valence-electron chi connectivity index (χ3n) is 8.38. The van der Waals surface area contributed by atoms with Gasteiger partial charge in [-0.15, -0.1) is 0 Å². The minimum absolute atomic E-state index is 0.0897. The molecule has 5 aromatic carbocycles. The second-order valence-corrected chi connectivity index (χ2v) is 10.9. The summed E-state index contributed by atoms with van der Waals surface area (Å²) in [5.74, 6) is -1.33. The van der Waals surface area contributed by atoms with E-state index in [0.717, 1.165) is 43.8 Å². The Morgan fingerprint density at radius 1 is 0.682 bits per heavy atom. The van der Waals surface area contributed by atoms with Crippen LogP contribution in [0.1, 0.15) is 33.7 Å². The molecule has 0 heterocycles. The van der Waals surface area contributed by atoms with Crippen LogP contribution in [0.5, 0.6) is 0 Å². The minimum atomic E-state index is -1.30. The zero-order chi connectivity index (χ0) is 30.5. The van der Waals surface area contributed by atoms with Crippen molar-refractivity contribution in [3.63, 3.8) is 0 Å². The number of carbonyl (C=O) groups excluding carboxylic acids is 1. The first-order valence-electron chi connectivity index (χ1n) is 14.6. The van der Waals surface area contributed by atoms with E-state index in [1.165, 1.54) is 7.05 Å². The largest absolute Gasteiger partial charge is 0.480 e. The molecular formula is C38H33NO5. The Morgan fingerprint density at radius 2 is 1.09 bits per heavy atom. The first-order chi connectivity index (χ1) is 21.5. The van der Waals surface area contributed by atoms with Crippen LogP contribution in [0.2, 0.25) is 0 Å². The van der Waals surface area contributed by atoms with Crippen LogP contribution in [0, 0.1) is 0 Å². The van der Waals surface area contributed by atoms with Gasteiger partial charge in [0.25, 0.3) is 0 Å². The standard InChI is InChI=1S/C38H33NO5/c1-39(37(42)43-25-34-32-23-13-11-21-30(32)31-22-12-14-24-33(31)34)35(36(40)41)26-44-38(27-15-5-2-6-16-27,28-17-7-3-8-18-28)29-19-9-4-10-20-29/h2-24,34-35H,25-26H2,1H3,(H,40,41)/t35-/m0/s1. The lowest BCUT2D eigenvalue weighted by Gasteiger charge is -2.37. The molecule has 1 aliphatic carbocycles. The maximum atomic E-state index is 13.4. The van der Waals surface area contributed by atoms with E-state index in [-0.39, 0.29) is 19.1 Å². The maximum Gasteiger partial charge on any atom is 0.410 e. The number of carbonyl (C=O) groups is 2. The third kappa shape index (κ3) is 5.36. The number of hydrogen-bond donors (Lipinski definition) is 1. The number of likely N-dealkylation sites (N-methyl/N-ethyl adjacent to an activating group) is 1. The van der Waals surface area contributed by atoms with Crippen molar-refractivity contribution in [1.82, 2.24) is 4.90 Å². The molecule has 1 N–H and O–H groups in total. The summed E-state index contributed by atoms with van der Waals surface area (Å²) in [6.07, 6.45) is -0.729.